The molecule has 72 valence electrons. The van der Waals surface area contributed by atoms with Crippen LogP contribution in [0.5, 0.6) is 0 Å². The smallest absolute Gasteiger partial charge is 0.176 e. The molecule has 0 heterocycles. The summed E-state index contributed by atoms with van der Waals surface area (Å²) < 4.78 is 0. The minimum atomic E-state index is 0. The van der Waals surface area contributed by atoms with Crippen molar-refractivity contribution < 1.29 is 4.79 Å². The molecule has 0 fully saturated rings. The molecule has 0 unspecified atom stereocenters. The standard InChI is InChI=1S/C10H13NO.ClH/c1-7-3-4-8(2)9(5-7)10(12)6-11;/h3-5H,6,11H2,1-2H3;1H. The number of nitrogens with two attached hydrogens (primary N) is 1. The number of benzene rings is 1. The van der Waals surface area contributed by atoms with Crippen LogP contribution in [-0.2, 0) is 0 Å². The maximum atomic E-state index is 11.3. The largest absolute Gasteiger partial charge is 0.324 e. The molecule has 13 heavy (non-hydrogen) atoms. The third-order valence-corrected chi connectivity index (χ3v) is 1.88. The van der Waals surface area contributed by atoms with Gasteiger partial charge in [-0.15, -0.1) is 12.4 Å². The maximum absolute atomic E-state index is 11.3. The number of carbonyl (C=O) groups is 1. The van der Waals surface area contributed by atoms with E-state index in [0.717, 1.165) is 16.7 Å². The highest BCUT2D eigenvalue weighted by molar-refractivity contribution is 5.98. The Morgan fingerprint density at radius 1 is 1.38 bits per heavy atom. The molecule has 0 aromatic heterocycles. The van der Waals surface area contributed by atoms with E-state index in [1.165, 1.54) is 0 Å². The summed E-state index contributed by atoms with van der Waals surface area (Å²) >= 11 is 0. The van der Waals surface area contributed by atoms with Gasteiger partial charge in [0.1, 0.15) is 0 Å². The van der Waals surface area contributed by atoms with Crippen molar-refractivity contribution in [3.8, 4) is 0 Å². The highest BCUT2D eigenvalue weighted by Gasteiger charge is 2.05. The van der Waals surface area contributed by atoms with Gasteiger partial charge in [-0.2, -0.15) is 0 Å². The van der Waals surface area contributed by atoms with E-state index >= 15 is 0 Å². The van der Waals surface area contributed by atoms with Gasteiger partial charge in [-0.25, -0.2) is 0 Å². The zero-order chi connectivity index (χ0) is 9.14. The van der Waals surface area contributed by atoms with E-state index in [4.69, 9.17) is 5.73 Å². The molecule has 0 spiro atoms. The van der Waals surface area contributed by atoms with E-state index < -0.39 is 0 Å². The summed E-state index contributed by atoms with van der Waals surface area (Å²) in [5.41, 5.74) is 8.11. The van der Waals surface area contributed by atoms with Crippen LogP contribution in [0.3, 0.4) is 0 Å². The van der Waals surface area contributed by atoms with Crippen molar-refractivity contribution in [1.29, 1.82) is 0 Å². The summed E-state index contributed by atoms with van der Waals surface area (Å²) in [7, 11) is 0. The molecule has 0 saturated carbocycles. The van der Waals surface area contributed by atoms with Gasteiger partial charge in [0.2, 0.25) is 0 Å². The van der Waals surface area contributed by atoms with Gasteiger partial charge in [0.25, 0.3) is 0 Å². The molecule has 1 rings (SSSR count). The van der Waals surface area contributed by atoms with Crippen LogP contribution in [0.4, 0.5) is 0 Å². The molecule has 0 aliphatic carbocycles. The number of hydrogen-bond donors (Lipinski definition) is 1. The molecule has 1 aromatic carbocycles. The summed E-state index contributed by atoms with van der Waals surface area (Å²) in [6.07, 6.45) is 0. The van der Waals surface area contributed by atoms with Crippen molar-refractivity contribution in [2.75, 3.05) is 6.54 Å². The fraction of sp³-hybridized carbons (Fsp3) is 0.300. The zero-order valence-corrected chi connectivity index (χ0v) is 8.65. The minimum absolute atomic E-state index is 0. The highest BCUT2D eigenvalue weighted by atomic mass is 35.5. The van der Waals surface area contributed by atoms with E-state index in [0.29, 0.717) is 0 Å². The van der Waals surface area contributed by atoms with Crippen molar-refractivity contribution >= 4 is 18.2 Å². The summed E-state index contributed by atoms with van der Waals surface area (Å²) in [6, 6.07) is 5.81. The van der Waals surface area contributed by atoms with Gasteiger partial charge in [-0.1, -0.05) is 17.7 Å². The molecule has 0 saturated heterocycles. The van der Waals surface area contributed by atoms with Gasteiger partial charge in [0.15, 0.2) is 5.78 Å². The first-order valence-electron chi connectivity index (χ1n) is 3.95. The van der Waals surface area contributed by atoms with Gasteiger partial charge < -0.3 is 5.73 Å². The van der Waals surface area contributed by atoms with Gasteiger partial charge in [-0.05, 0) is 25.5 Å². The van der Waals surface area contributed by atoms with Crippen molar-refractivity contribution in [1.82, 2.24) is 0 Å². The fourth-order valence-corrected chi connectivity index (χ4v) is 1.15. The molecule has 2 nitrogen and oxygen atoms in total. The second-order valence-corrected chi connectivity index (χ2v) is 2.95. The van der Waals surface area contributed by atoms with Crippen LogP contribution >= 0.6 is 12.4 Å². The lowest BCUT2D eigenvalue weighted by Crippen LogP contribution is -2.14. The van der Waals surface area contributed by atoms with Crippen molar-refractivity contribution in [3.63, 3.8) is 0 Å². The average Bonchev–Trinajstić information content (AvgIpc) is 2.08. The van der Waals surface area contributed by atoms with E-state index in [2.05, 4.69) is 0 Å². The molecule has 0 radical (unpaired) electrons. The molecule has 2 N–H and O–H groups in total. The number of halogens is 1. The predicted molar refractivity (Wildman–Crippen MR) is 56.5 cm³/mol. The number of carbonyl (C=O) groups excluding carboxylic acids is 1. The van der Waals surface area contributed by atoms with Crippen molar-refractivity contribution in [2.24, 2.45) is 5.73 Å². The van der Waals surface area contributed by atoms with Crippen LogP contribution in [0, 0.1) is 13.8 Å². The van der Waals surface area contributed by atoms with Gasteiger partial charge in [-0.3, -0.25) is 4.79 Å². The molecule has 0 bridgehead atoms. The fourth-order valence-electron chi connectivity index (χ4n) is 1.15. The quantitative estimate of drug-likeness (QED) is 0.739. The molecule has 1 aromatic rings. The van der Waals surface area contributed by atoms with Gasteiger partial charge in [0, 0.05) is 5.56 Å². The molecule has 0 aliphatic heterocycles. The SMILES string of the molecule is Cc1ccc(C)c(C(=O)CN)c1.Cl. The Morgan fingerprint density at radius 3 is 2.54 bits per heavy atom. The Kier molecular flexibility index (Phi) is 4.67. The second-order valence-electron chi connectivity index (χ2n) is 2.95. The molecular weight excluding hydrogens is 186 g/mol. The molecule has 3 heteroatoms. The Balaban J connectivity index is 0.00000144. The monoisotopic (exact) mass is 199 g/mol. The first kappa shape index (κ1) is 12.1. The van der Waals surface area contributed by atoms with Crippen LogP contribution < -0.4 is 5.73 Å². The van der Waals surface area contributed by atoms with Crippen LogP contribution in [0.25, 0.3) is 0 Å². The van der Waals surface area contributed by atoms with Gasteiger partial charge >= 0.3 is 0 Å². The van der Waals surface area contributed by atoms with E-state index in [1.54, 1.807) is 0 Å². The van der Waals surface area contributed by atoms with Crippen molar-refractivity contribution in [3.05, 3.63) is 34.9 Å². The summed E-state index contributed by atoms with van der Waals surface area (Å²) in [5.74, 6) is 0.0104. The Labute approximate surface area is 84.5 Å². The lowest BCUT2D eigenvalue weighted by atomic mass is 10.0. The number of ketones is 1. The minimum Gasteiger partial charge on any atom is -0.324 e. The van der Waals surface area contributed by atoms with Crippen LogP contribution in [0.1, 0.15) is 21.5 Å². The van der Waals surface area contributed by atoms with Crippen LogP contribution in [0.2, 0.25) is 0 Å². The zero-order valence-electron chi connectivity index (χ0n) is 7.83. The topological polar surface area (TPSA) is 43.1 Å². The Morgan fingerprint density at radius 2 is 2.00 bits per heavy atom. The number of rotatable bonds is 2. The Bertz CT molecular complexity index is 310. The summed E-state index contributed by atoms with van der Waals surface area (Å²) in [4.78, 5) is 11.3. The Hall–Kier alpha value is -0.860. The molecular formula is C10H14ClNO. The normalized spacial score (nSPS) is 9.15. The summed E-state index contributed by atoms with van der Waals surface area (Å²) in [5, 5.41) is 0. The van der Waals surface area contributed by atoms with E-state index in [1.807, 2.05) is 32.0 Å². The van der Waals surface area contributed by atoms with E-state index in [9.17, 15) is 4.79 Å². The lowest BCUT2D eigenvalue weighted by Gasteiger charge is -2.03. The number of Topliss-reactive ketones (excluding diaryl/α,β-unsaturated/α-hetero) is 1. The lowest BCUT2D eigenvalue weighted by molar-refractivity contribution is 0.100. The first-order chi connectivity index (χ1) is 5.65. The van der Waals surface area contributed by atoms with Crippen LogP contribution in [0.15, 0.2) is 18.2 Å². The van der Waals surface area contributed by atoms with Gasteiger partial charge in [0.05, 0.1) is 6.54 Å². The third kappa shape index (κ3) is 2.83. The van der Waals surface area contributed by atoms with E-state index in [-0.39, 0.29) is 24.7 Å². The molecule has 0 aliphatic rings. The maximum Gasteiger partial charge on any atom is 0.176 e. The summed E-state index contributed by atoms with van der Waals surface area (Å²) in [6.45, 7) is 3.97. The second kappa shape index (κ2) is 5.00. The average molecular weight is 200 g/mol. The van der Waals surface area contributed by atoms with Crippen LogP contribution in [-0.4, -0.2) is 12.3 Å². The predicted octanol–water partition coefficient (Wildman–Crippen LogP) is 1.87. The molecule has 0 amide bonds. The van der Waals surface area contributed by atoms with Crippen molar-refractivity contribution in [2.45, 2.75) is 13.8 Å². The third-order valence-electron chi connectivity index (χ3n) is 1.88. The number of hydrogen-bond acceptors (Lipinski definition) is 2. The molecule has 0 atom stereocenters. The highest BCUT2D eigenvalue weighted by Crippen LogP contribution is 2.10. The number of aryl methyl sites for hydroxylation is 2. The first-order valence-corrected chi connectivity index (χ1v) is 3.95.